The summed E-state index contributed by atoms with van der Waals surface area (Å²) in [6.45, 7) is 41.8. The molecule has 0 radical (unpaired) electrons. The van der Waals surface area contributed by atoms with Gasteiger partial charge in [-0.15, -0.1) is 0 Å². The van der Waals surface area contributed by atoms with Gasteiger partial charge in [0.25, 0.3) is 0 Å². The fourth-order valence-corrected chi connectivity index (χ4v) is 14.4. The van der Waals surface area contributed by atoms with Gasteiger partial charge in [0.05, 0.1) is 98.6 Å². The third kappa shape index (κ3) is 29.4. The van der Waals surface area contributed by atoms with Gasteiger partial charge in [0.15, 0.2) is 0 Å². The van der Waals surface area contributed by atoms with Crippen LogP contribution in [0.25, 0.3) is 0 Å². The average Bonchev–Trinajstić information content (AvgIpc) is 0.758. The van der Waals surface area contributed by atoms with E-state index in [1.807, 2.05) is 137 Å². The van der Waals surface area contributed by atoms with Crippen LogP contribution in [-0.4, -0.2) is 188 Å². The number of aliphatic hydroxyl groups is 2. The number of methoxy groups -OCH3 is 1. The van der Waals surface area contributed by atoms with Gasteiger partial charge in [-0.05, 0) is 200 Å². The quantitative estimate of drug-likeness (QED) is 0.0205. The summed E-state index contributed by atoms with van der Waals surface area (Å²) in [5.74, 6) is -2.11. The Balaban J connectivity index is 0.00000143. The predicted octanol–water partition coefficient (Wildman–Crippen LogP) is 11.9. The van der Waals surface area contributed by atoms with E-state index < -0.39 is 51.6 Å². The van der Waals surface area contributed by atoms with Crippen LogP contribution in [0.2, 0.25) is 15.5 Å². The van der Waals surface area contributed by atoms with Crippen LogP contribution in [0.4, 0.5) is 21.3 Å². The number of aromatic carboxylic acids is 1. The van der Waals surface area contributed by atoms with Gasteiger partial charge in [-0.1, -0.05) is 132 Å². The van der Waals surface area contributed by atoms with Gasteiger partial charge in [0.1, 0.15) is 81.1 Å². The number of carbonyl (C=O) groups excluding carboxylic acids is 7. The topological polar surface area (TPSA) is 464 Å². The Morgan fingerprint density at radius 2 is 0.742 bits per heavy atom. The SMILES string of the molecule is CC(C)(C=O)c1nc(Cl)ccc1Br.CC(C)(CO)c1nc(Cl)ccc1Br.CC(O)C(C)(C)c1nc(Cl)ccc1Br.CC1OC(=O)c2ccc(C(=O)O)nc2C1(C)C.CC1OC(=O)c2ccc(N)nc2C1(C)C.COC(=O)c1ccc2c(n1)C(C)(C)C(C)OC2=O.CSF.C[C@@H]1OC(=O)c2ccc(N)nc2C1(C)C.C[C@H]1OC(=O)c2ccc(N)nc2C1(C)C.[Br-].[CH3-].[Li+].[Mg+2].[OH-]. The Hall–Kier alpha value is -7.13. The monoisotopic (exact) mass is 2110 g/mol. The minimum Gasteiger partial charge on any atom is -1.00 e. The summed E-state index contributed by atoms with van der Waals surface area (Å²) < 4.78 is 43.6. The smallest absolute Gasteiger partial charge is 1.00 e. The van der Waals surface area contributed by atoms with E-state index >= 15 is 0 Å². The van der Waals surface area contributed by atoms with Gasteiger partial charge in [-0.25, -0.2) is 73.4 Å². The first-order chi connectivity index (χ1) is 56.7. The van der Waals surface area contributed by atoms with Crippen molar-refractivity contribution in [2.75, 3.05) is 37.2 Å². The van der Waals surface area contributed by atoms with Crippen molar-refractivity contribution in [3.63, 3.8) is 0 Å². The number of ether oxygens (including phenoxy) is 6. The van der Waals surface area contributed by atoms with E-state index in [-0.39, 0.29) is 172 Å². The Labute approximate surface area is 830 Å². The molecule has 0 saturated heterocycles. The number of cyclic esters (lactones) is 5. The van der Waals surface area contributed by atoms with Gasteiger partial charge < -0.3 is 95.6 Å². The number of carbonyl (C=O) groups is 8. The zero-order valence-corrected chi connectivity index (χ0v) is 87.3. The summed E-state index contributed by atoms with van der Waals surface area (Å²) in [6, 6.07) is 26.2. The molecule has 13 heterocycles. The standard InChI is InChI=1S/C13H15NO4.C12H13NO4.3C11H14N2O2.C10H13BrClNO.C9H11BrClNO.C9H9BrClNO.CH3FS.CH3.BrH.Li.Mg.H2O/c1-7-13(2,3)10-8(11(15)18-7)5-6-9(14-10)12(16)17-4;1-6-12(2,3)9-7(11(16)17-6)4-5-8(13-9)10(14)15;3*1-6-11(2,3)9-7(10(14)15-6)4-5-8(12)13-9;1-6(14)10(2,3)9-7(11)4-5-8(12)13-9;2*1-9(2,5-13)8-6(10)3-4-7(11)12-8;1-3-2;;;;;/h5-7H,1-4H3;4-6H,1-3H3,(H,14,15);3*4-6H,1-3H3,(H2,12,13);4-6,14H,1-3H3;3-4,13H,5H2,1-2H3;3-5H,1-2H3;1H3;1H3;1H;;;1H2/q;;;;;;;;;-1;;+1;+2;/p-2/t;;2*6-;;;;;;;;;;/m..10........../s1. The number of hydrogen-bond acceptors (Lipinski definition) is 29. The molecule has 4 unspecified atom stereocenters. The van der Waals surface area contributed by atoms with Crippen LogP contribution < -0.4 is 53.0 Å². The minimum atomic E-state index is -1.10. The number of nitrogen functional groups attached to an aromatic ring is 3. The number of aromatic nitrogens is 8. The molecule has 128 heavy (non-hydrogen) atoms. The van der Waals surface area contributed by atoms with Crippen molar-refractivity contribution in [2.45, 2.75) is 232 Å². The molecule has 8 aromatic heterocycles. The Bertz CT molecular complexity index is 5070. The molecule has 690 valence electrons. The number of halogens is 8. The molecule has 0 amide bonds. The number of carboxylic acids is 1. The maximum atomic E-state index is 11.8. The molecule has 0 fully saturated rings. The molecule has 0 aromatic carbocycles. The van der Waals surface area contributed by atoms with Gasteiger partial charge in [0, 0.05) is 69.7 Å². The second-order valence-corrected chi connectivity index (χ2v) is 37.6. The largest absolute Gasteiger partial charge is 2.00 e. The van der Waals surface area contributed by atoms with Crippen LogP contribution in [0, 0.1) is 7.43 Å². The van der Waals surface area contributed by atoms with Crippen molar-refractivity contribution < 1.29 is 127 Å². The van der Waals surface area contributed by atoms with Gasteiger partial charge in [-0.2, -0.15) is 3.89 Å². The first-order valence-electron chi connectivity index (χ1n) is 38.3. The van der Waals surface area contributed by atoms with Crippen LogP contribution in [0.1, 0.15) is 271 Å². The zero-order chi connectivity index (χ0) is 93.7. The maximum Gasteiger partial charge on any atom is 2.00 e. The molecule has 6 atom stereocenters. The number of aliphatic hydroxyl groups excluding tert-OH is 2. The molecule has 29 nitrogen and oxygen atoms in total. The molecular formula is C88H110Br4Cl3FLiMgN11O18S. The molecule has 5 aliphatic heterocycles. The molecule has 10 N–H and O–H groups in total. The van der Waals surface area contributed by atoms with Crippen LogP contribution >= 0.6 is 94.7 Å². The summed E-state index contributed by atoms with van der Waals surface area (Å²) in [4.78, 5) is 125. The molecule has 0 spiro atoms. The molecule has 5 aliphatic rings. The van der Waals surface area contributed by atoms with E-state index in [2.05, 4.69) is 92.4 Å². The average molecular weight is 2120 g/mol. The van der Waals surface area contributed by atoms with Crippen molar-refractivity contribution in [1.29, 1.82) is 0 Å². The minimum absolute atomic E-state index is 0. The Morgan fingerprint density at radius 3 is 1.01 bits per heavy atom. The first-order valence-corrected chi connectivity index (χ1v) is 42.9. The number of anilines is 3. The molecule has 0 bridgehead atoms. The van der Waals surface area contributed by atoms with Gasteiger partial charge >= 0.3 is 83.7 Å². The van der Waals surface area contributed by atoms with Crippen molar-refractivity contribution >= 4 is 183 Å². The van der Waals surface area contributed by atoms with Crippen LogP contribution in [-0.2, 0) is 76.5 Å². The molecule has 0 saturated carbocycles. The summed E-state index contributed by atoms with van der Waals surface area (Å²) in [5, 5.41) is 29.0. The Kier molecular flexibility index (Phi) is 46.8. The van der Waals surface area contributed by atoms with Gasteiger partial charge in [0.2, 0.25) is 0 Å². The number of hydrogen-bond donors (Lipinski definition) is 6. The molecular weight excluding hydrogens is 2010 g/mol. The molecule has 0 aliphatic carbocycles. The van der Waals surface area contributed by atoms with Gasteiger partial charge in [-0.3, -0.25) is 0 Å². The zero-order valence-electron chi connectivity index (χ0n) is 76.4. The van der Waals surface area contributed by atoms with Crippen LogP contribution in [0.15, 0.2) is 110 Å². The number of esters is 6. The number of nitrogens with zero attached hydrogens (tertiary/aromatic N) is 8. The third-order valence-electron chi connectivity index (χ3n) is 21.8. The van der Waals surface area contributed by atoms with Crippen molar-refractivity contribution in [3.05, 3.63) is 218 Å². The number of fused-ring (bicyclic) bond motifs is 5. The fourth-order valence-electron chi connectivity index (χ4n) is 11.7. The van der Waals surface area contributed by atoms with E-state index in [0.29, 0.717) is 77.8 Å². The first kappa shape index (κ1) is 121. The third-order valence-corrected chi connectivity index (χ3v) is 24.4. The van der Waals surface area contributed by atoms with E-state index in [4.69, 9.17) is 85.9 Å². The van der Waals surface area contributed by atoms with E-state index in [0.717, 1.165) is 48.2 Å². The number of pyridine rings is 8. The van der Waals surface area contributed by atoms with Crippen LogP contribution in [0.3, 0.4) is 0 Å². The number of aldehydes is 1. The molecule has 8 aromatic rings. The summed E-state index contributed by atoms with van der Waals surface area (Å²) >= 11 is 27.7. The second-order valence-electron chi connectivity index (χ2n) is 33.6. The number of rotatable bonds is 8. The predicted molar refractivity (Wildman–Crippen MR) is 496 cm³/mol. The Morgan fingerprint density at radius 1 is 0.500 bits per heavy atom. The van der Waals surface area contributed by atoms with E-state index in [1.54, 1.807) is 94.4 Å². The summed E-state index contributed by atoms with van der Waals surface area (Å²) in [5.41, 5.74) is 21.6. The normalized spacial score (nSPS) is 18.0. The number of carboxylic acid groups (broad SMARTS) is 1. The number of nitrogens with two attached hydrogens (primary N) is 3. The summed E-state index contributed by atoms with van der Waals surface area (Å²) in [7, 11) is 1.30. The molecule has 40 heteroatoms. The van der Waals surface area contributed by atoms with Crippen molar-refractivity contribution in [1.82, 2.24) is 39.9 Å². The van der Waals surface area contributed by atoms with E-state index in [9.17, 15) is 47.3 Å². The molecule has 13 rings (SSSR count). The van der Waals surface area contributed by atoms with E-state index in [1.165, 1.54) is 31.6 Å². The van der Waals surface area contributed by atoms with Crippen LogP contribution in [0.5, 0.6) is 0 Å². The van der Waals surface area contributed by atoms with Crippen molar-refractivity contribution in [2.24, 2.45) is 0 Å². The fraction of sp³-hybridized carbons (Fsp3) is 0.443. The maximum absolute atomic E-state index is 11.8. The second kappa shape index (κ2) is 49.6. The summed E-state index contributed by atoms with van der Waals surface area (Å²) in [6.07, 6.45) is 0.559. The van der Waals surface area contributed by atoms with Crippen molar-refractivity contribution in [3.8, 4) is 0 Å².